The number of nitrogens with zero attached hydrogens (tertiary/aromatic N) is 1. The Morgan fingerprint density at radius 1 is 1.07 bits per heavy atom. The second-order valence-corrected chi connectivity index (χ2v) is 9.08. The fourth-order valence-corrected chi connectivity index (χ4v) is 5.20. The van der Waals surface area contributed by atoms with E-state index in [4.69, 9.17) is 4.74 Å². The van der Waals surface area contributed by atoms with Crippen molar-refractivity contribution in [2.75, 3.05) is 11.5 Å². The number of hydrazone groups is 1. The predicted molar refractivity (Wildman–Crippen MR) is 102 cm³/mol. The van der Waals surface area contributed by atoms with Crippen molar-refractivity contribution in [3.63, 3.8) is 0 Å². The monoisotopic (exact) mass is 384 g/mol. The van der Waals surface area contributed by atoms with Crippen LogP contribution in [0.3, 0.4) is 0 Å². The van der Waals surface area contributed by atoms with E-state index in [1.54, 1.807) is 0 Å². The molecule has 0 aliphatic carbocycles. The van der Waals surface area contributed by atoms with Crippen LogP contribution in [0.4, 0.5) is 0 Å². The second-order valence-electron chi connectivity index (χ2n) is 6.85. The Bertz CT molecular complexity index is 986. The zero-order valence-corrected chi connectivity index (χ0v) is 15.5. The van der Waals surface area contributed by atoms with E-state index in [0.29, 0.717) is 18.6 Å². The van der Waals surface area contributed by atoms with Crippen molar-refractivity contribution in [2.45, 2.75) is 18.9 Å². The summed E-state index contributed by atoms with van der Waals surface area (Å²) >= 11 is 0. The highest BCUT2D eigenvalue weighted by atomic mass is 32.2. The molecular formula is C20H20N2O4S. The molecule has 0 bridgehead atoms. The van der Waals surface area contributed by atoms with Gasteiger partial charge in [-0.25, -0.2) is 13.8 Å². The maximum Gasteiger partial charge on any atom is 0.244 e. The fourth-order valence-electron chi connectivity index (χ4n) is 3.46. The molecular weight excluding hydrogens is 364 g/mol. The van der Waals surface area contributed by atoms with Gasteiger partial charge in [0.15, 0.2) is 9.84 Å². The number of ether oxygens (including phenoxy) is 1. The number of hydrogen-bond donors (Lipinski definition) is 1. The molecule has 0 saturated carbocycles. The van der Waals surface area contributed by atoms with Gasteiger partial charge in [-0.05, 0) is 24.1 Å². The van der Waals surface area contributed by atoms with Gasteiger partial charge in [-0.1, -0.05) is 42.5 Å². The van der Waals surface area contributed by atoms with Crippen LogP contribution in [0.5, 0.6) is 5.75 Å². The number of carbonyl (C=O) groups excluding carboxylic acids is 1. The van der Waals surface area contributed by atoms with Crippen LogP contribution in [0.2, 0.25) is 0 Å². The van der Waals surface area contributed by atoms with E-state index in [9.17, 15) is 13.2 Å². The molecule has 1 amide bonds. The Labute approximate surface area is 158 Å². The standard InChI is InChI=1S/C20H20N2O4S/c23-20(15-10-11-27(24,25)13-15)22-21-17-12-19(14-6-2-1-3-7-14)26-18-9-5-4-8-16(17)18/h1-9,15,19H,10-13H2,(H,22,23)/t15-,19+/m1/s1. The number of benzene rings is 2. The molecule has 2 heterocycles. The lowest BCUT2D eigenvalue weighted by Gasteiger charge is -2.27. The van der Waals surface area contributed by atoms with E-state index < -0.39 is 15.8 Å². The Hall–Kier alpha value is -2.67. The molecule has 140 valence electrons. The zero-order chi connectivity index (χ0) is 18.9. The number of carbonyl (C=O) groups is 1. The molecule has 27 heavy (non-hydrogen) atoms. The molecule has 1 N–H and O–H groups in total. The van der Waals surface area contributed by atoms with Gasteiger partial charge >= 0.3 is 0 Å². The van der Waals surface area contributed by atoms with Crippen LogP contribution in [0.15, 0.2) is 59.7 Å². The van der Waals surface area contributed by atoms with Gasteiger partial charge in [0.1, 0.15) is 11.9 Å². The number of rotatable bonds is 3. The predicted octanol–water partition coefficient (Wildman–Crippen LogP) is 2.47. The normalized spacial score (nSPS) is 24.8. The van der Waals surface area contributed by atoms with Gasteiger partial charge in [0, 0.05) is 12.0 Å². The van der Waals surface area contributed by atoms with E-state index in [1.165, 1.54) is 0 Å². The highest BCUT2D eigenvalue weighted by Gasteiger charge is 2.33. The average molecular weight is 384 g/mol. The maximum absolute atomic E-state index is 12.3. The summed E-state index contributed by atoms with van der Waals surface area (Å²) in [7, 11) is -3.11. The molecule has 2 aromatic carbocycles. The lowest BCUT2D eigenvalue weighted by molar-refractivity contribution is -0.124. The molecule has 0 unspecified atom stereocenters. The fraction of sp³-hybridized carbons (Fsp3) is 0.300. The third-order valence-corrected chi connectivity index (χ3v) is 6.69. The molecule has 4 rings (SSSR count). The summed E-state index contributed by atoms with van der Waals surface area (Å²) in [5.41, 5.74) is 5.17. The molecule has 0 aromatic heterocycles. The van der Waals surface area contributed by atoms with Crippen molar-refractivity contribution in [2.24, 2.45) is 11.0 Å². The van der Waals surface area contributed by atoms with E-state index in [-0.39, 0.29) is 23.5 Å². The van der Waals surface area contributed by atoms with E-state index in [2.05, 4.69) is 10.5 Å². The van der Waals surface area contributed by atoms with Crippen molar-refractivity contribution < 1.29 is 17.9 Å². The first-order valence-electron chi connectivity index (χ1n) is 8.90. The smallest absolute Gasteiger partial charge is 0.244 e. The van der Waals surface area contributed by atoms with Gasteiger partial charge < -0.3 is 4.74 Å². The number of fused-ring (bicyclic) bond motifs is 1. The minimum Gasteiger partial charge on any atom is -0.485 e. The lowest BCUT2D eigenvalue weighted by atomic mass is 9.96. The van der Waals surface area contributed by atoms with Crippen LogP contribution in [-0.4, -0.2) is 31.5 Å². The SMILES string of the molecule is O=C(NN=C1C[C@@H](c2ccccc2)Oc2ccccc21)[C@@H]1CCS(=O)(=O)C1. The summed E-state index contributed by atoms with van der Waals surface area (Å²) in [5.74, 6) is -0.193. The molecule has 0 radical (unpaired) electrons. The summed E-state index contributed by atoms with van der Waals surface area (Å²) in [4.78, 5) is 12.3. The summed E-state index contributed by atoms with van der Waals surface area (Å²) in [5, 5.41) is 4.33. The molecule has 2 atom stereocenters. The first-order valence-corrected chi connectivity index (χ1v) is 10.7. The van der Waals surface area contributed by atoms with Gasteiger partial charge in [-0.3, -0.25) is 4.79 Å². The average Bonchev–Trinajstić information content (AvgIpc) is 3.06. The molecule has 0 spiro atoms. The number of amides is 1. The van der Waals surface area contributed by atoms with Crippen LogP contribution in [0.25, 0.3) is 0 Å². The number of hydrogen-bond acceptors (Lipinski definition) is 5. The second kappa shape index (κ2) is 7.15. The van der Waals surface area contributed by atoms with E-state index >= 15 is 0 Å². The van der Waals surface area contributed by atoms with Crippen LogP contribution in [-0.2, 0) is 14.6 Å². The Balaban J connectivity index is 1.57. The van der Waals surface area contributed by atoms with Crippen LogP contribution in [0.1, 0.15) is 30.1 Å². The molecule has 2 aliphatic heterocycles. The van der Waals surface area contributed by atoms with Crippen LogP contribution in [0, 0.1) is 5.92 Å². The van der Waals surface area contributed by atoms with Gasteiger partial charge in [-0.2, -0.15) is 5.10 Å². The number of nitrogens with one attached hydrogen (secondary N) is 1. The number of para-hydroxylation sites is 1. The maximum atomic E-state index is 12.3. The largest absolute Gasteiger partial charge is 0.485 e. The topological polar surface area (TPSA) is 84.8 Å². The van der Waals surface area contributed by atoms with Gasteiger partial charge in [-0.15, -0.1) is 0 Å². The molecule has 1 fully saturated rings. The van der Waals surface area contributed by atoms with Gasteiger partial charge in [0.05, 0.1) is 23.1 Å². The van der Waals surface area contributed by atoms with Gasteiger partial charge in [0.2, 0.25) is 5.91 Å². The van der Waals surface area contributed by atoms with Gasteiger partial charge in [0.25, 0.3) is 0 Å². The first kappa shape index (κ1) is 17.7. The van der Waals surface area contributed by atoms with Crippen LogP contribution < -0.4 is 10.2 Å². The molecule has 7 heteroatoms. The van der Waals surface area contributed by atoms with Crippen molar-refractivity contribution in [3.05, 3.63) is 65.7 Å². The molecule has 2 aromatic rings. The molecule has 2 aliphatic rings. The third kappa shape index (κ3) is 3.88. The van der Waals surface area contributed by atoms with Crippen molar-refractivity contribution in [3.8, 4) is 5.75 Å². The Morgan fingerprint density at radius 3 is 2.56 bits per heavy atom. The first-order chi connectivity index (χ1) is 13.0. The quantitative estimate of drug-likeness (QED) is 0.824. The Morgan fingerprint density at radius 2 is 1.81 bits per heavy atom. The summed E-state index contributed by atoms with van der Waals surface area (Å²) in [6, 6.07) is 17.4. The summed E-state index contributed by atoms with van der Waals surface area (Å²) in [6.07, 6.45) is 0.680. The zero-order valence-electron chi connectivity index (χ0n) is 14.7. The number of sulfone groups is 1. The summed E-state index contributed by atoms with van der Waals surface area (Å²) in [6.45, 7) is 0. The van der Waals surface area contributed by atoms with E-state index in [1.807, 2.05) is 54.6 Å². The minimum atomic E-state index is -3.11. The summed E-state index contributed by atoms with van der Waals surface area (Å²) < 4.78 is 29.3. The molecule has 6 nitrogen and oxygen atoms in total. The van der Waals surface area contributed by atoms with E-state index in [0.717, 1.165) is 16.8 Å². The lowest BCUT2D eigenvalue weighted by Crippen LogP contribution is -2.30. The highest BCUT2D eigenvalue weighted by Crippen LogP contribution is 2.35. The van der Waals surface area contributed by atoms with Crippen molar-refractivity contribution in [1.82, 2.24) is 5.43 Å². The van der Waals surface area contributed by atoms with Crippen LogP contribution >= 0.6 is 0 Å². The highest BCUT2D eigenvalue weighted by molar-refractivity contribution is 7.91. The van der Waals surface area contributed by atoms with Crippen molar-refractivity contribution >= 4 is 21.5 Å². The minimum absolute atomic E-state index is 0.0639. The third-order valence-electron chi connectivity index (χ3n) is 4.92. The molecule has 1 saturated heterocycles. The van der Waals surface area contributed by atoms with Crippen molar-refractivity contribution in [1.29, 1.82) is 0 Å². The Kier molecular flexibility index (Phi) is 4.70.